The number of aliphatic hydroxyl groups is 1. The minimum Gasteiger partial charge on any atom is -0.389 e. The van der Waals surface area contributed by atoms with Gasteiger partial charge in [-0.2, -0.15) is 0 Å². The maximum Gasteiger partial charge on any atom is 0.0712 e. The van der Waals surface area contributed by atoms with Crippen LogP contribution in [0.15, 0.2) is 24.3 Å². The van der Waals surface area contributed by atoms with E-state index in [0.717, 1.165) is 38.8 Å². The fourth-order valence-corrected chi connectivity index (χ4v) is 2.96. The van der Waals surface area contributed by atoms with Crippen LogP contribution in [0.4, 0.5) is 0 Å². The zero-order chi connectivity index (χ0) is 13.7. The second-order valence-corrected chi connectivity index (χ2v) is 5.91. The summed E-state index contributed by atoms with van der Waals surface area (Å²) in [6.07, 6.45) is 4.90. The first-order valence-corrected chi connectivity index (χ1v) is 7.68. The van der Waals surface area contributed by atoms with E-state index in [2.05, 4.69) is 43.0 Å². The first-order valence-electron chi connectivity index (χ1n) is 7.68. The Morgan fingerprint density at radius 2 is 1.63 bits per heavy atom. The van der Waals surface area contributed by atoms with Crippen molar-refractivity contribution in [2.45, 2.75) is 51.6 Å². The zero-order valence-corrected chi connectivity index (χ0v) is 12.4. The van der Waals surface area contributed by atoms with E-state index in [0.29, 0.717) is 0 Å². The fraction of sp³-hybridized carbons (Fsp3) is 0.647. The molecular formula is C17H27NO. The molecule has 1 fully saturated rings. The van der Waals surface area contributed by atoms with Crippen molar-refractivity contribution in [3.05, 3.63) is 35.4 Å². The molecule has 106 valence electrons. The van der Waals surface area contributed by atoms with Gasteiger partial charge in [-0.05, 0) is 43.4 Å². The lowest BCUT2D eigenvalue weighted by Gasteiger charge is -2.38. The van der Waals surface area contributed by atoms with Crippen molar-refractivity contribution in [2.75, 3.05) is 19.6 Å². The van der Waals surface area contributed by atoms with Crippen LogP contribution in [0.5, 0.6) is 0 Å². The Morgan fingerprint density at radius 1 is 1.05 bits per heavy atom. The van der Waals surface area contributed by atoms with Crippen LogP contribution in [0.2, 0.25) is 0 Å². The second-order valence-electron chi connectivity index (χ2n) is 5.91. The van der Waals surface area contributed by atoms with Crippen LogP contribution in [-0.2, 0) is 12.8 Å². The third kappa shape index (κ3) is 4.05. The molecule has 2 rings (SSSR count). The Balaban J connectivity index is 1.91. The smallest absolute Gasteiger partial charge is 0.0712 e. The van der Waals surface area contributed by atoms with Crippen LogP contribution < -0.4 is 0 Å². The van der Waals surface area contributed by atoms with Gasteiger partial charge < -0.3 is 10.0 Å². The van der Waals surface area contributed by atoms with Gasteiger partial charge in [0.25, 0.3) is 0 Å². The summed E-state index contributed by atoms with van der Waals surface area (Å²) >= 11 is 0. The number of nitrogens with zero attached hydrogens (tertiary/aromatic N) is 1. The summed E-state index contributed by atoms with van der Waals surface area (Å²) in [6, 6.07) is 8.72. The normalized spacial score (nSPS) is 19.5. The molecule has 0 bridgehead atoms. The Bertz CT molecular complexity index is 377. The van der Waals surface area contributed by atoms with E-state index in [1.807, 2.05) is 0 Å². The van der Waals surface area contributed by atoms with Gasteiger partial charge in [0.2, 0.25) is 0 Å². The van der Waals surface area contributed by atoms with Crippen molar-refractivity contribution in [3.8, 4) is 0 Å². The Kier molecular flexibility index (Phi) is 5.00. The number of likely N-dealkylation sites (tertiary alicyclic amines) is 1. The third-order valence-electron chi connectivity index (χ3n) is 4.29. The molecule has 1 aliphatic rings. The molecule has 1 aliphatic heterocycles. The topological polar surface area (TPSA) is 23.5 Å². The van der Waals surface area contributed by atoms with E-state index in [-0.39, 0.29) is 0 Å². The zero-order valence-electron chi connectivity index (χ0n) is 12.4. The molecule has 19 heavy (non-hydrogen) atoms. The molecule has 2 heteroatoms. The van der Waals surface area contributed by atoms with Crippen LogP contribution in [0.1, 0.15) is 44.2 Å². The largest absolute Gasteiger partial charge is 0.389 e. The molecule has 2 nitrogen and oxygen atoms in total. The summed E-state index contributed by atoms with van der Waals surface area (Å²) in [5.41, 5.74) is 2.15. The van der Waals surface area contributed by atoms with Crippen LogP contribution >= 0.6 is 0 Å². The van der Waals surface area contributed by atoms with Crippen molar-refractivity contribution in [1.82, 2.24) is 4.90 Å². The van der Waals surface area contributed by atoms with Gasteiger partial charge in [0.1, 0.15) is 0 Å². The maximum absolute atomic E-state index is 10.7. The Hall–Kier alpha value is -0.860. The van der Waals surface area contributed by atoms with Crippen molar-refractivity contribution in [1.29, 1.82) is 0 Å². The number of hydrogen-bond acceptors (Lipinski definition) is 2. The summed E-state index contributed by atoms with van der Waals surface area (Å²) in [5, 5.41) is 10.7. The molecule has 1 saturated heterocycles. The average molecular weight is 261 g/mol. The average Bonchev–Trinajstić information content (AvgIpc) is 2.43. The van der Waals surface area contributed by atoms with Crippen molar-refractivity contribution < 1.29 is 5.11 Å². The lowest BCUT2D eigenvalue weighted by atomic mass is 9.85. The summed E-state index contributed by atoms with van der Waals surface area (Å²) in [6.45, 7) is 7.64. The van der Waals surface area contributed by atoms with Gasteiger partial charge in [0, 0.05) is 19.5 Å². The first-order chi connectivity index (χ1) is 9.15. The predicted molar refractivity (Wildman–Crippen MR) is 80.4 cm³/mol. The summed E-state index contributed by atoms with van der Waals surface area (Å²) in [7, 11) is 0. The molecule has 0 unspecified atom stereocenters. The SMILES string of the molecule is CCCN1CCC(O)(Cc2ccc(CC)cc2)CC1. The molecule has 0 atom stereocenters. The molecule has 0 radical (unpaired) electrons. The second kappa shape index (κ2) is 6.53. The van der Waals surface area contributed by atoms with E-state index in [4.69, 9.17) is 0 Å². The van der Waals surface area contributed by atoms with Gasteiger partial charge in [-0.3, -0.25) is 0 Å². The van der Waals surface area contributed by atoms with Gasteiger partial charge in [-0.25, -0.2) is 0 Å². The highest BCUT2D eigenvalue weighted by Crippen LogP contribution is 2.26. The van der Waals surface area contributed by atoms with Gasteiger partial charge in [-0.1, -0.05) is 38.1 Å². The molecular weight excluding hydrogens is 234 g/mol. The highest BCUT2D eigenvalue weighted by atomic mass is 16.3. The standard InChI is InChI=1S/C17H27NO/c1-3-11-18-12-9-17(19,10-13-18)14-16-7-5-15(4-2)6-8-16/h5-8,19H,3-4,9-14H2,1-2H3. The molecule has 1 aromatic rings. The molecule has 1 heterocycles. The van der Waals surface area contributed by atoms with Crippen LogP contribution in [0.25, 0.3) is 0 Å². The lowest BCUT2D eigenvalue weighted by Crippen LogP contribution is -2.45. The number of hydrogen-bond donors (Lipinski definition) is 1. The number of aryl methyl sites for hydroxylation is 1. The molecule has 1 N–H and O–H groups in total. The molecule has 0 spiro atoms. The number of benzene rings is 1. The van der Waals surface area contributed by atoms with Gasteiger partial charge >= 0.3 is 0 Å². The monoisotopic (exact) mass is 261 g/mol. The van der Waals surface area contributed by atoms with E-state index in [1.54, 1.807) is 0 Å². The Morgan fingerprint density at radius 3 is 2.16 bits per heavy atom. The highest BCUT2D eigenvalue weighted by Gasteiger charge is 2.31. The lowest BCUT2D eigenvalue weighted by molar-refractivity contribution is -0.0205. The molecule has 0 amide bonds. The van der Waals surface area contributed by atoms with E-state index in [9.17, 15) is 5.11 Å². The van der Waals surface area contributed by atoms with Gasteiger partial charge in [-0.15, -0.1) is 0 Å². The van der Waals surface area contributed by atoms with Crippen LogP contribution in [-0.4, -0.2) is 35.2 Å². The summed E-state index contributed by atoms with van der Waals surface area (Å²) < 4.78 is 0. The maximum atomic E-state index is 10.7. The number of piperidine rings is 1. The first kappa shape index (κ1) is 14.5. The highest BCUT2D eigenvalue weighted by molar-refractivity contribution is 5.24. The minimum atomic E-state index is -0.488. The summed E-state index contributed by atoms with van der Waals surface area (Å²) in [4.78, 5) is 2.47. The van der Waals surface area contributed by atoms with E-state index in [1.165, 1.54) is 24.1 Å². The minimum absolute atomic E-state index is 0.488. The van der Waals surface area contributed by atoms with Crippen molar-refractivity contribution in [2.24, 2.45) is 0 Å². The summed E-state index contributed by atoms with van der Waals surface area (Å²) in [5.74, 6) is 0. The van der Waals surface area contributed by atoms with Crippen molar-refractivity contribution >= 4 is 0 Å². The molecule has 0 aliphatic carbocycles. The molecule has 0 aromatic heterocycles. The van der Waals surface area contributed by atoms with Crippen LogP contribution in [0, 0.1) is 0 Å². The molecule has 1 aromatic carbocycles. The Labute approximate surface area is 117 Å². The number of rotatable bonds is 5. The van der Waals surface area contributed by atoms with Crippen molar-refractivity contribution in [3.63, 3.8) is 0 Å². The quantitative estimate of drug-likeness (QED) is 0.880. The van der Waals surface area contributed by atoms with E-state index < -0.39 is 5.60 Å². The fourth-order valence-electron chi connectivity index (χ4n) is 2.96. The predicted octanol–water partition coefficient (Wildman–Crippen LogP) is 3.03. The van der Waals surface area contributed by atoms with E-state index >= 15 is 0 Å². The van der Waals surface area contributed by atoms with Gasteiger partial charge in [0.15, 0.2) is 0 Å². The molecule has 0 saturated carbocycles. The van der Waals surface area contributed by atoms with Crippen LogP contribution in [0.3, 0.4) is 0 Å². The van der Waals surface area contributed by atoms with Gasteiger partial charge in [0.05, 0.1) is 5.60 Å². The third-order valence-corrected chi connectivity index (χ3v) is 4.29.